The van der Waals surface area contributed by atoms with Crippen molar-refractivity contribution in [1.82, 2.24) is 5.32 Å². The first-order chi connectivity index (χ1) is 15.0. The maximum absolute atomic E-state index is 11.7. The second kappa shape index (κ2) is 18.4. The molecule has 0 aromatic rings. The number of Topliss-reactive ketones (excluding diaryl/α,β-unsaturated/α-hetero) is 1. The van der Waals surface area contributed by atoms with Gasteiger partial charge in [-0.2, -0.15) is 0 Å². The van der Waals surface area contributed by atoms with E-state index in [1.54, 1.807) is 0 Å². The summed E-state index contributed by atoms with van der Waals surface area (Å²) in [4.78, 5) is 23.5. The molecule has 0 saturated heterocycles. The van der Waals surface area contributed by atoms with Gasteiger partial charge in [0.25, 0.3) is 0 Å². The van der Waals surface area contributed by atoms with Crippen LogP contribution < -0.4 is 5.32 Å². The topological polar surface area (TPSA) is 83.1 Å². The highest BCUT2D eigenvalue weighted by atomic mass is 16.6. The van der Waals surface area contributed by atoms with E-state index in [0.29, 0.717) is 77.5 Å². The molecular weight excluding hydrogens is 410 g/mol. The van der Waals surface area contributed by atoms with Gasteiger partial charge >= 0.3 is 0 Å². The van der Waals surface area contributed by atoms with Gasteiger partial charge in [0.2, 0.25) is 5.91 Å². The summed E-state index contributed by atoms with van der Waals surface area (Å²) in [5.41, 5.74) is 0.389. The third-order valence-electron chi connectivity index (χ3n) is 4.52. The van der Waals surface area contributed by atoms with E-state index < -0.39 is 0 Å². The number of hydrogen-bond acceptors (Lipinski definition) is 6. The Kier molecular flexibility index (Phi) is 17.8. The molecule has 0 rings (SSSR count). The van der Waals surface area contributed by atoms with Crippen molar-refractivity contribution in [3.63, 3.8) is 0 Å². The summed E-state index contributed by atoms with van der Waals surface area (Å²) in [6.45, 7) is 17.3. The van der Waals surface area contributed by atoms with Crippen molar-refractivity contribution in [1.29, 1.82) is 0 Å². The van der Waals surface area contributed by atoms with Crippen LogP contribution in [0.3, 0.4) is 0 Å². The average Bonchev–Trinajstić information content (AvgIpc) is 2.65. The summed E-state index contributed by atoms with van der Waals surface area (Å²) in [5.74, 6) is 0.275. The average molecular weight is 460 g/mol. The van der Waals surface area contributed by atoms with Gasteiger partial charge in [0.05, 0.1) is 52.9 Å². The van der Waals surface area contributed by atoms with Gasteiger partial charge in [0.15, 0.2) is 0 Å². The predicted octanol–water partition coefficient (Wildman–Crippen LogP) is 4.17. The van der Waals surface area contributed by atoms with Gasteiger partial charge in [-0.1, -0.05) is 48.0 Å². The van der Waals surface area contributed by atoms with Crippen LogP contribution in [0, 0.1) is 10.8 Å². The molecule has 0 radical (unpaired) electrons. The van der Waals surface area contributed by atoms with Crippen molar-refractivity contribution in [2.24, 2.45) is 10.8 Å². The molecule has 0 atom stereocenters. The molecule has 0 aliphatic heterocycles. The summed E-state index contributed by atoms with van der Waals surface area (Å²) in [5, 5.41) is 2.93. The summed E-state index contributed by atoms with van der Waals surface area (Å²) >= 11 is 0. The van der Waals surface area contributed by atoms with Crippen molar-refractivity contribution in [2.45, 2.75) is 80.1 Å². The molecule has 0 heterocycles. The number of carbonyl (C=O) groups is 2. The molecule has 0 aromatic heterocycles. The Hall–Kier alpha value is -1.02. The Morgan fingerprint density at radius 1 is 0.625 bits per heavy atom. The highest BCUT2D eigenvalue weighted by molar-refractivity contribution is 5.79. The van der Waals surface area contributed by atoms with Gasteiger partial charge in [-0.3, -0.25) is 9.59 Å². The van der Waals surface area contributed by atoms with Gasteiger partial charge in [-0.05, 0) is 23.7 Å². The first-order valence-electron chi connectivity index (χ1n) is 12.1. The van der Waals surface area contributed by atoms with E-state index in [2.05, 4.69) is 46.9 Å². The fraction of sp³-hybridized carbons (Fsp3) is 0.920. The first kappa shape index (κ1) is 31.0. The molecule has 0 saturated carbocycles. The normalized spacial score (nSPS) is 12.2. The van der Waals surface area contributed by atoms with Crippen LogP contribution in [0.5, 0.6) is 0 Å². The number of hydrogen-bond donors (Lipinski definition) is 1. The van der Waals surface area contributed by atoms with Crippen LogP contribution in [0.2, 0.25) is 0 Å². The van der Waals surface area contributed by atoms with Crippen molar-refractivity contribution in [3.8, 4) is 0 Å². The fourth-order valence-electron chi connectivity index (χ4n) is 2.89. The summed E-state index contributed by atoms with van der Waals surface area (Å²) in [6, 6.07) is 0. The van der Waals surface area contributed by atoms with Crippen LogP contribution in [0.25, 0.3) is 0 Å². The van der Waals surface area contributed by atoms with Crippen LogP contribution in [-0.2, 0) is 28.5 Å². The number of unbranched alkanes of at least 4 members (excludes halogenated alkanes) is 1. The maximum atomic E-state index is 11.7. The van der Waals surface area contributed by atoms with E-state index in [-0.39, 0.29) is 17.1 Å². The molecule has 0 unspecified atom stereocenters. The minimum absolute atomic E-state index is 0.0332. The largest absolute Gasteiger partial charge is 0.379 e. The number of amides is 1. The standard InChI is InChI=1S/C25H49NO6/c1-24(2,3)11-7-8-12-26-23(28)10-14-30-16-18-32-20-19-31-17-15-29-13-9-22(27)21-25(4,5)6/h7-21H2,1-6H3,(H,26,28). The van der Waals surface area contributed by atoms with Gasteiger partial charge in [0, 0.05) is 25.8 Å². The third-order valence-corrected chi connectivity index (χ3v) is 4.52. The molecule has 190 valence electrons. The zero-order valence-electron chi connectivity index (χ0n) is 21.6. The highest BCUT2D eigenvalue weighted by Gasteiger charge is 2.15. The monoisotopic (exact) mass is 459 g/mol. The van der Waals surface area contributed by atoms with Gasteiger partial charge in [0.1, 0.15) is 5.78 Å². The van der Waals surface area contributed by atoms with Crippen LogP contribution >= 0.6 is 0 Å². The zero-order valence-corrected chi connectivity index (χ0v) is 21.6. The summed E-state index contributed by atoms with van der Waals surface area (Å²) in [7, 11) is 0. The number of rotatable bonds is 20. The lowest BCUT2D eigenvalue weighted by molar-refractivity contribution is -0.123. The van der Waals surface area contributed by atoms with Crippen molar-refractivity contribution in [3.05, 3.63) is 0 Å². The predicted molar refractivity (Wildman–Crippen MR) is 128 cm³/mol. The minimum Gasteiger partial charge on any atom is -0.379 e. The maximum Gasteiger partial charge on any atom is 0.222 e. The Morgan fingerprint density at radius 2 is 1.09 bits per heavy atom. The molecule has 1 N–H and O–H groups in total. The van der Waals surface area contributed by atoms with Crippen LogP contribution in [0.4, 0.5) is 0 Å². The minimum atomic E-state index is 0.0332. The molecule has 7 nitrogen and oxygen atoms in total. The van der Waals surface area contributed by atoms with E-state index in [1.807, 2.05) is 0 Å². The Labute approximate surface area is 196 Å². The first-order valence-corrected chi connectivity index (χ1v) is 12.1. The Morgan fingerprint density at radius 3 is 1.56 bits per heavy atom. The molecule has 1 amide bonds. The van der Waals surface area contributed by atoms with E-state index in [4.69, 9.17) is 18.9 Å². The third kappa shape index (κ3) is 25.2. The number of ketones is 1. The molecule has 7 heteroatoms. The van der Waals surface area contributed by atoms with Crippen LogP contribution in [0.1, 0.15) is 80.1 Å². The van der Waals surface area contributed by atoms with Crippen molar-refractivity contribution in [2.75, 3.05) is 59.4 Å². The lowest BCUT2D eigenvalue weighted by Crippen LogP contribution is -2.25. The lowest BCUT2D eigenvalue weighted by Gasteiger charge is -2.17. The van der Waals surface area contributed by atoms with Crippen molar-refractivity contribution < 1.29 is 28.5 Å². The molecule has 0 spiro atoms. The fourth-order valence-corrected chi connectivity index (χ4v) is 2.89. The quantitative estimate of drug-likeness (QED) is 0.275. The van der Waals surface area contributed by atoms with E-state index >= 15 is 0 Å². The van der Waals surface area contributed by atoms with Crippen molar-refractivity contribution >= 4 is 11.7 Å². The molecule has 0 bridgehead atoms. The van der Waals surface area contributed by atoms with E-state index in [1.165, 1.54) is 6.42 Å². The lowest BCUT2D eigenvalue weighted by atomic mass is 9.89. The molecule has 0 aliphatic rings. The van der Waals surface area contributed by atoms with Crippen LogP contribution in [-0.4, -0.2) is 71.1 Å². The van der Waals surface area contributed by atoms with Gasteiger partial charge in [-0.15, -0.1) is 0 Å². The smallest absolute Gasteiger partial charge is 0.222 e. The van der Waals surface area contributed by atoms with E-state index in [9.17, 15) is 9.59 Å². The van der Waals surface area contributed by atoms with Crippen LogP contribution in [0.15, 0.2) is 0 Å². The SMILES string of the molecule is CC(C)(C)CCCCNC(=O)CCOCCOCCOCCOCCC(=O)CC(C)(C)C. The second-order valence-corrected chi connectivity index (χ2v) is 10.6. The zero-order chi connectivity index (χ0) is 24.3. The van der Waals surface area contributed by atoms with Gasteiger partial charge in [-0.25, -0.2) is 0 Å². The number of carbonyl (C=O) groups excluding carboxylic acids is 2. The number of nitrogens with one attached hydrogen (secondary N) is 1. The number of ether oxygens (including phenoxy) is 4. The molecular formula is C25H49NO6. The summed E-state index contributed by atoms with van der Waals surface area (Å²) < 4.78 is 21.7. The molecule has 0 aromatic carbocycles. The Balaban J connectivity index is 3.28. The molecule has 0 fully saturated rings. The second-order valence-electron chi connectivity index (χ2n) is 10.6. The molecule has 0 aliphatic carbocycles. The van der Waals surface area contributed by atoms with E-state index in [0.717, 1.165) is 19.4 Å². The summed E-state index contributed by atoms with van der Waals surface area (Å²) in [6.07, 6.45) is 4.74. The molecule has 32 heavy (non-hydrogen) atoms. The Bertz CT molecular complexity index is 482. The highest BCUT2D eigenvalue weighted by Crippen LogP contribution is 2.21. The van der Waals surface area contributed by atoms with Gasteiger partial charge < -0.3 is 24.3 Å².